The highest BCUT2D eigenvalue weighted by Crippen LogP contribution is 2.13. The predicted molar refractivity (Wildman–Crippen MR) is 145 cm³/mol. The molecule has 0 atom stereocenters. The molecule has 0 bridgehead atoms. The lowest BCUT2D eigenvalue weighted by Crippen LogP contribution is -2.48. The largest absolute Gasteiger partial charge is 0.353 e. The number of carbonyl (C=O) groups excluding carboxylic acids is 1. The van der Waals surface area contributed by atoms with E-state index in [4.69, 9.17) is 5.26 Å². The molecular weight excluding hydrogens is 434 g/mol. The summed E-state index contributed by atoms with van der Waals surface area (Å²) >= 11 is 0. The highest BCUT2D eigenvalue weighted by atomic mass is 16.2. The second kappa shape index (κ2) is 14.7. The first kappa shape index (κ1) is 27.8. The van der Waals surface area contributed by atoms with Crippen LogP contribution in [0.2, 0.25) is 0 Å². The second-order valence-corrected chi connectivity index (χ2v) is 8.94. The fourth-order valence-electron chi connectivity index (χ4n) is 4.17. The number of rotatable bonds is 7. The molecule has 0 unspecified atom stereocenters. The van der Waals surface area contributed by atoms with Crippen LogP contribution in [0.25, 0.3) is 6.08 Å². The number of aromatic nitrogens is 1. The van der Waals surface area contributed by atoms with E-state index in [-0.39, 0.29) is 5.91 Å². The Balaban J connectivity index is 0.000000410. The van der Waals surface area contributed by atoms with Crippen molar-refractivity contribution in [2.45, 2.75) is 46.7 Å². The molecule has 1 fully saturated rings. The van der Waals surface area contributed by atoms with Gasteiger partial charge in [0.15, 0.2) is 0 Å². The van der Waals surface area contributed by atoms with Gasteiger partial charge in [-0.1, -0.05) is 49.4 Å². The minimum Gasteiger partial charge on any atom is -0.353 e. The Morgan fingerprint density at radius 3 is 2.23 bits per heavy atom. The summed E-state index contributed by atoms with van der Waals surface area (Å²) in [5.74, 6) is 0.957. The second-order valence-electron chi connectivity index (χ2n) is 8.94. The normalized spacial score (nSPS) is 14.0. The van der Waals surface area contributed by atoms with Gasteiger partial charge >= 0.3 is 0 Å². The Morgan fingerprint density at radius 2 is 1.69 bits per heavy atom. The van der Waals surface area contributed by atoms with Crippen LogP contribution in [-0.2, 0) is 4.79 Å². The molecule has 1 aliphatic heterocycles. The van der Waals surface area contributed by atoms with Crippen LogP contribution in [0.1, 0.15) is 45.7 Å². The summed E-state index contributed by atoms with van der Waals surface area (Å²) in [7, 11) is 0. The molecule has 6 nitrogen and oxygen atoms in total. The van der Waals surface area contributed by atoms with E-state index in [1.54, 1.807) is 30.5 Å². The summed E-state index contributed by atoms with van der Waals surface area (Å²) in [6, 6.07) is 16.8. The van der Waals surface area contributed by atoms with E-state index < -0.39 is 0 Å². The summed E-state index contributed by atoms with van der Waals surface area (Å²) < 4.78 is 0. The van der Waals surface area contributed by atoms with Gasteiger partial charge in [-0.25, -0.2) is 4.98 Å². The molecule has 1 amide bonds. The zero-order valence-electron chi connectivity index (χ0n) is 21.8. The van der Waals surface area contributed by atoms with Crippen molar-refractivity contribution in [3.63, 3.8) is 0 Å². The maximum atomic E-state index is 12.3. The molecule has 0 saturated carbocycles. The van der Waals surface area contributed by atoms with Crippen LogP contribution in [0.5, 0.6) is 0 Å². The molecule has 1 aromatic heterocycles. The minimum absolute atomic E-state index is 0.00360. The maximum absolute atomic E-state index is 12.3. The van der Waals surface area contributed by atoms with Gasteiger partial charge in [0.1, 0.15) is 5.82 Å². The van der Waals surface area contributed by atoms with Gasteiger partial charge in [-0.05, 0) is 58.0 Å². The molecule has 0 radical (unpaired) electrons. The van der Waals surface area contributed by atoms with Gasteiger partial charge in [-0.15, -0.1) is 0 Å². The monoisotopic (exact) mass is 473 g/mol. The fraction of sp³-hybridized carbons (Fsp3) is 0.414. The summed E-state index contributed by atoms with van der Waals surface area (Å²) in [6.45, 7) is 15.3. The molecule has 2 heterocycles. The molecule has 3 rings (SSSR count). The molecule has 0 N–H and O–H groups in total. The topological polar surface area (TPSA) is 63.5 Å². The number of hydrogen-bond donors (Lipinski definition) is 0. The molecular formula is C29H39N5O. The number of piperazine rings is 1. The smallest absolute Gasteiger partial charge is 0.246 e. The van der Waals surface area contributed by atoms with Gasteiger partial charge in [0, 0.05) is 50.5 Å². The number of benzene rings is 1. The van der Waals surface area contributed by atoms with Gasteiger partial charge in [-0.3, -0.25) is 9.69 Å². The summed E-state index contributed by atoms with van der Waals surface area (Å²) in [5.41, 5.74) is 1.46. The van der Waals surface area contributed by atoms with Crippen LogP contribution in [0.4, 0.5) is 5.82 Å². The van der Waals surface area contributed by atoms with Crippen LogP contribution in [0.3, 0.4) is 0 Å². The average Bonchev–Trinajstić information content (AvgIpc) is 2.87. The Hall–Kier alpha value is -3.43. The molecule has 0 aliphatic carbocycles. The minimum atomic E-state index is 0.00360. The maximum Gasteiger partial charge on any atom is 0.246 e. The molecule has 1 saturated heterocycles. The van der Waals surface area contributed by atoms with Crippen molar-refractivity contribution < 1.29 is 4.79 Å². The number of pyridine rings is 1. The molecule has 6 heteroatoms. The van der Waals surface area contributed by atoms with Crippen LogP contribution in [-0.4, -0.2) is 65.5 Å². The summed E-state index contributed by atoms with van der Waals surface area (Å²) in [5, 5.41) is 9.07. The van der Waals surface area contributed by atoms with E-state index in [1.165, 1.54) is 0 Å². The molecule has 186 valence electrons. The van der Waals surface area contributed by atoms with Crippen molar-refractivity contribution >= 4 is 17.8 Å². The van der Waals surface area contributed by atoms with Crippen molar-refractivity contribution in [2.75, 3.05) is 37.6 Å². The van der Waals surface area contributed by atoms with Gasteiger partial charge in [0.25, 0.3) is 0 Å². The quantitative estimate of drug-likeness (QED) is 0.418. The van der Waals surface area contributed by atoms with Crippen LogP contribution in [0, 0.1) is 11.3 Å². The lowest BCUT2D eigenvalue weighted by Gasteiger charge is -2.34. The number of carbonyl (C=O) groups is 1. The van der Waals surface area contributed by atoms with Gasteiger partial charge < -0.3 is 9.80 Å². The molecule has 35 heavy (non-hydrogen) atoms. The number of allylic oxidation sites excluding steroid dienone is 2. The first-order chi connectivity index (χ1) is 16.9. The van der Waals surface area contributed by atoms with E-state index in [0.29, 0.717) is 30.7 Å². The Kier molecular flexibility index (Phi) is 11.7. The SMILES string of the molecule is CCN(C(C)C)C(C)C.N#Cc1ccccc1C=CC=CC(=O)N1CCN(c2ccccn2)CC1. The van der Waals surface area contributed by atoms with Crippen molar-refractivity contribution in [2.24, 2.45) is 0 Å². The van der Waals surface area contributed by atoms with Gasteiger partial charge in [0.2, 0.25) is 5.91 Å². The van der Waals surface area contributed by atoms with Crippen molar-refractivity contribution in [3.8, 4) is 6.07 Å². The highest BCUT2D eigenvalue weighted by molar-refractivity contribution is 5.88. The molecule has 1 aliphatic rings. The fourth-order valence-corrected chi connectivity index (χ4v) is 4.17. The van der Waals surface area contributed by atoms with Crippen molar-refractivity contribution in [1.29, 1.82) is 5.26 Å². The number of amides is 1. The summed E-state index contributed by atoms with van der Waals surface area (Å²) in [4.78, 5) is 23.1. The van der Waals surface area contributed by atoms with E-state index in [2.05, 4.69) is 55.5 Å². The van der Waals surface area contributed by atoms with Gasteiger partial charge in [0.05, 0.1) is 11.6 Å². The summed E-state index contributed by atoms with van der Waals surface area (Å²) in [6.07, 6.45) is 8.70. The Bertz CT molecular complexity index is 991. The van der Waals surface area contributed by atoms with Gasteiger partial charge in [-0.2, -0.15) is 5.26 Å². The Labute approximate surface area is 211 Å². The zero-order valence-corrected chi connectivity index (χ0v) is 21.8. The number of anilines is 1. The third kappa shape index (κ3) is 9.03. The Morgan fingerprint density at radius 1 is 1.03 bits per heavy atom. The highest BCUT2D eigenvalue weighted by Gasteiger charge is 2.20. The first-order valence-corrected chi connectivity index (χ1v) is 12.4. The average molecular weight is 474 g/mol. The zero-order chi connectivity index (χ0) is 25.6. The van der Waals surface area contributed by atoms with Crippen molar-refractivity contribution in [3.05, 3.63) is 78.0 Å². The lowest BCUT2D eigenvalue weighted by atomic mass is 10.1. The van der Waals surface area contributed by atoms with E-state index in [9.17, 15) is 4.79 Å². The molecule has 0 spiro atoms. The number of nitriles is 1. The van der Waals surface area contributed by atoms with Crippen LogP contribution >= 0.6 is 0 Å². The predicted octanol–water partition coefficient (Wildman–Crippen LogP) is 5.00. The van der Waals surface area contributed by atoms with Crippen molar-refractivity contribution in [1.82, 2.24) is 14.8 Å². The lowest BCUT2D eigenvalue weighted by molar-refractivity contribution is -0.126. The van der Waals surface area contributed by atoms with Crippen LogP contribution < -0.4 is 4.90 Å². The van der Waals surface area contributed by atoms with E-state index in [0.717, 1.165) is 31.0 Å². The van der Waals surface area contributed by atoms with Crippen LogP contribution in [0.15, 0.2) is 66.9 Å². The third-order valence-corrected chi connectivity index (χ3v) is 5.96. The molecule has 2 aromatic rings. The van der Waals surface area contributed by atoms with E-state index in [1.807, 2.05) is 47.4 Å². The molecule has 1 aromatic carbocycles. The number of nitrogens with zero attached hydrogens (tertiary/aromatic N) is 5. The number of hydrogen-bond acceptors (Lipinski definition) is 5. The first-order valence-electron chi connectivity index (χ1n) is 12.4. The standard InChI is InChI=1S/C21H20N4O.C8H19N/c22-17-19-9-2-1-7-18(19)8-3-4-11-21(26)25-15-13-24(14-16-25)20-10-5-6-12-23-20;1-6-9(7(2)3)8(4)5/h1-12H,13-16H2;7-8H,6H2,1-5H3. The third-order valence-electron chi connectivity index (χ3n) is 5.96. The van der Waals surface area contributed by atoms with E-state index >= 15 is 0 Å².